The van der Waals surface area contributed by atoms with Gasteiger partial charge < -0.3 is 10.2 Å². The first-order chi connectivity index (χ1) is 21.3. The number of thiazole rings is 1. The van der Waals surface area contributed by atoms with Gasteiger partial charge in [-0.25, -0.2) is 4.90 Å². The Morgan fingerprint density at radius 1 is 0.956 bits per heavy atom. The van der Waals surface area contributed by atoms with Crippen LogP contribution in [0.15, 0.2) is 87.1 Å². The predicted octanol–water partition coefficient (Wildman–Crippen LogP) is 6.19. The van der Waals surface area contributed by atoms with Crippen LogP contribution in [0, 0.1) is 5.92 Å². The third-order valence-corrected chi connectivity index (χ3v) is 10.8. The lowest BCUT2D eigenvalue weighted by atomic mass is 9.83. The standard InChI is InChI=1S/C31H24BrF3N4O4S2/c1-37(2)18-11-7-16(8-12-18)23-24-25(28(42)39(27(24)41)19-13-9-17(32)10-14-19)44-29-26(23)45-30(43)38(29)15-22(40)36-21-6-4-3-5-20(21)31(33,34)35/h3-14,23-25H,15H2,1-2H3,(H,36,40)/t23-,24-,25+/m0/s1. The van der Waals surface area contributed by atoms with E-state index in [-0.39, 0.29) is 0 Å². The van der Waals surface area contributed by atoms with Crippen molar-refractivity contribution in [3.63, 3.8) is 0 Å². The summed E-state index contributed by atoms with van der Waals surface area (Å²) >= 11 is 5.27. The van der Waals surface area contributed by atoms with E-state index in [0.29, 0.717) is 21.2 Å². The van der Waals surface area contributed by atoms with Crippen LogP contribution in [-0.4, -0.2) is 41.6 Å². The molecule has 4 aromatic rings. The summed E-state index contributed by atoms with van der Waals surface area (Å²) in [4.78, 5) is 57.4. The van der Waals surface area contributed by atoms with Gasteiger partial charge >= 0.3 is 11.0 Å². The normalized spacial score (nSPS) is 19.3. The van der Waals surface area contributed by atoms with Crippen molar-refractivity contribution in [1.82, 2.24) is 4.57 Å². The molecule has 0 spiro atoms. The van der Waals surface area contributed by atoms with Gasteiger partial charge in [0.25, 0.3) is 0 Å². The van der Waals surface area contributed by atoms with Crippen molar-refractivity contribution in [2.24, 2.45) is 5.92 Å². The second-order valence-electron chi connectivity index (χ2n) is 10.7. The smallest absolute Gasteiger partial charge is 0.378 e. The maximum absolute atomic E-state index is 14.0. The summed E-state index contributed by atoms with van der Waals surface area (Å²) in [7, 11) is 3.78. The van der Waals surface area contributed by atoms with Crippen molar-refractivity contribution in [2.45, 2.75) is 28.9 Å². The molecule has 2 aliphatic heterocycles. The van der Waals surface area contributed by atoms with Crippen molar-refractivity contribution in [3.05, 3.63) is 103 Å². The largest absolute Gasteiger partial charge is 0.418 e. The molecule has 232 valence electrons. The first-order valence-electron chi connectivity index (χ1n) is 13.6. The van der Waals surface area contributed by atoms with Gasteiger partial charge in [-0.3, -0.25) is 23.7 Å². The molecule has 1 saturated heterocycles. The fourth-order valence-electron chi connectivity index (χ4n) is 5.61. The quantitative estimate of drug-likeness (QED) is 0.240. The average molecular weight is 718 g/mol. The highest BCUT2D eigenvalue weighted by Crippen LogP contribution is 2.54. The van der Waals surface area contributed by atoms with Crippen LogP contribution < -0.4 is 20.0 Å². The third-order valence-electron chi connectivity index (χ3n) is 7.71. The van der Waals surface area contributed by atoms with E-state index >= 15 is 0 Å². The molecule has 0 radical (unpaired) electrons. The SMILES string of the molecule is CN(C)c1ccc([C@@H]2c3sc(=O)n(CC(=O)Nc4ccccc4C(F)(F)F)c3S[C@H]3C(=O)N(c4ccc(Br)cc4)C(=O)[C@@H]23)cc1. The number of nitrogens with one attached hydrogen (secondary N) is 1. The number of alkyl halides is 3. The Balaban J connectivity index is 1.40. The van der Waals surface area contributed by atoms with Gasteiger partial charge in [0.2, 0.25) is 17.7 Å². The van der Waals surface area contributed by atoms with Gasteiger partial charge in [0.05, 0.1) is 27.9 Å². The van der Waals surface area contributed by atoms with Crippen molar-refractivity contribution in [3.8, 4) is 0 Å². The number of aromatic nitrogens is 1. The molecule has 0 saturated carbocycles. The van der Waals surface area contributed by atoms with Crippen LogP contribution >= 0.6 is 39.0 Å². The monoisotopic (exact) mass is 716 g/mol. The molecule has 3 atom stereocenters. The summed E-state index contributed by atoms with van der Waals surface area (Å²) in [5.41, 5.74) is 0.592. The molecule has 45 heavy (non-hydrogen) atoms. The van der Waals surface area contributed by atoms with Crippen molar-refractivity contribution in [1.29, 1.82) is 0 Å². The molecule has 1 fully saturated rings. The second-order valence-corrected chi connectivity index (χ2v) is 13.8. The molecule has 14 heteroatoms. The summed E-state index contributed by atoms with van der Waals surface area (Å²) in [6, 6.07) is 18.8. The number of hydrogen-bond acceptors (Lipinski definition) is 7. The number of rotatable bonds is 6. The minimum Gasteiger partial charge on any atom is -0.378 e. The Bertz CT molecular complexity index is 1870. The Labute approximate surface area is 272 Å². The number of nitrogens with zero attached hydrogens (tertiary/aromatic N) is 3. The van der Waals surface area contributed by atoms with E-state index in [9.17, 15) is 32.3 Å². The number of carbonyl (C=O) groups excluding carboxylic acids is 3. The molecule has 1 N–H and O–H groups in total. The van der Waals surface area contributed by atoms with Crippen LogP contribution in [0.4, 0.5) is 30.2 Å². The zero-order valence-corrected chi connectivity index (χ0v) is 26.9. The summed E-state index contributed by atoms with van der Waals surface area (Å²) in [5.74, 6) is -3.20. The number of amides is 3. The lowest BCUT2D eigenvalue weighted by Gasteiger charge is -2.31. The number of thioether (sulfide) groups is 1. The van der Waals surface area contributed by atoms with E-state index in [1.165, 1.54) is 16.7 Å². The molecule has 6 rings (SSSR count). The van der Waals surface area contributed by atoms with Gasteiger partial charge in [-0.05, 0) is 54.1 Å². The summed E-state index contributed by atoms with van der Waals surface area (Å²) in [6.45, 7) is -0.577. The Kier molecular flexibility index (Phi) is 8.16. The number of anilines is 3. The summed E-state index contributed by atoms with van der Waals surface area (Å²) in [5, 5.41) is 1.72. The van der Waals surface area contributed by atoms with Crippen LogP contribution in [0.25, 0.3) is 0 Å². The molecular weight excluding hydrogens is 693 g/mol. The van der Waals surface area contributed by atoms with E-state index < -0.39 is 63.7 Å². The van der Waals surface area contributed by atoms with Gasteiger partial charge in [0, 0.05) is 35.1 Å². The molecular formula is C31H24BrF3N4O4S2. The lowest BCUT2D eigenvalue weighted by Crippen LogP contribution is -2.33. The maximum Gasteiger partial charge on any atom is 0.418 e. The molecule has 2 aliphatic rings. The zero-order valence-electron chi connectivity index (χ0n) is 23.7. The number of imide groups is 1. The minimum absolute atomic E-state index is 0.339. The van der Waals surface area contributed by atoms with Gasteiger partial charge in [0.15, 0.2) is 0 Å². The van der Waals surface area contributed by atoms with Crippen molar-refractivity contribution < 1.29 is 27.6 Å². The van der Waals surface area contributed by atoms with E-state index in [4.69, 9.17) is 0 Å². The molecule has 3 aromatic carbocycles. The Morgan fingerprint density at radius 3 is 2.27 bits per heavy atom. The molecule has 0 aliphatic carbocycles. The van der Waals surface area contributed by atoms with Gasteiger partial charge in [-0.2, -0.15) is 13.2 Å². The molecule has 8 nitrogen and oxygen atoms in total. The topological polar surface area (TPSA) is 91.7 Å². The lowest BCUT2D eigenvalue weighted by molar-refractivity contribution is -0.137. The Morgan fingerprint density at radius 2 is 1.62 bits per heavy atom. The minimum atomic E-state index is -4.70. The van der Waals surface area contributed by atoms with Crippen LogP contribution in [-0.2, 0) is 27.1 Å². The average Bonchev–Trinajstić information content (AvgIpc) is 3.43. The number of para-hydroxylation sites is 1. The van der Waals surface area contributed by atoms with E-state index in [1.54, 1.807) is 24.3 Å². The molecule has 1 aromatic heterocycles. The van der Waals surface area contributed by atoms with E-state index in [1.807, 2.05) is 43.3 Å². The highest BCUT2D eigenvalue weighted by Gasteiger charge is 2.56. The second kappa shape index (κ2) is 11.8. The number of fused-ring (bicyclic) bond motifs is 2. The van der Waals surface area contributed by atoms with Crippen molar-refractivity contribution >= 4 is 73.8 Å². The first kappa shape index (κ1) is 31.1. The van der Waals surface area contributed by atoms with Crippen LogP contribution in [0.1, 0.15) is 21.9 Å². The van der Waals surface area contributed by atoms with Crippen LogP contribution in [0.3, 0.4) is 0 Å². The number of halogens is 4. The fraction of sp³-hybridized carbons (Fsp3) is 0.226. The highest BCUT2D eigenvalue weighted by atomic mass is 79.9. The third kappa shape index (κ3) is 5.70. The Hall–Kier alpha value is -3.88. The van der Waals surface area contributed by atoms with Crippen molar-refractivity contribution in [2.75, 3.05) is 29.2 Å². The first-order valence-corrected chi connectivity index (χ1v) is 16.1. The van der Waals surface area contributed by atoms with Crippen LogP contribution in [0.5, 0.6) is 0 Å². The van der Waals surface area contributed by atoms with Gasteiger partial charge in [-0.15, -0.1) is 0 Å². The summed E-state index contributed by atoms with van der Waals surface area (Å²) < 4.78 is 42.5. The molecule has 3 amide bonds. The molecule has 3 heterocycles. The summed E-state index contributed by atoms with van der Waals surface area (Å²) in [6.07, 6.45) is -4.70. The highest BCUT2D eigenvalue weighted by molar-refractivity contribution is 9.10. The predicted molar refractivity (Wildman–Crippen MR) is 171 cm³/mol. The van der Waals surface area contributed by atoms with Gasteiger partial charge in [-0.1, -0.05) is 63.3 Å². The van der Waals surface area contributed by atoms with Crippen LogP contribution in [0.2, 0.25) is 0 Å². The number of hydrogen-bond donors (Lipinski definition) is 1. The zero-order chi connectivity index (χ0) is 32.2. The number of benzene rings is 3. The molecule has 0 bridgehead atoms. The fourth-order valence-corrected chi connectivity index (χ4v) is 8.65. The number of carbonyl (C=O) groups is 3. The molecule has 0 unspecified atom stereocenters. The van der Waals surface area contributed by atoms with Gasteiger partial charge in [0.1, 0.15) is 11.8 Å². The van der Waals surface area contributed by atoms with E-state index in [0.717, 1.165) is 50.3 Å². The van der Waals surface area contributed by atoms with E-state index in [2.05, 4.69) is 21.2 Å². The maximum atomic E-state index is 14.0.